The van der Waals surface area contributed by atoms with Gasteiger partial charge in [0.05, 0.1) is 0 Å². The SMILES string of the molecule is CC(C)C(CCO)C1CCSC1. The largest absolute Gasteiger partial charge is 0.396 e. The number of hydrogen-bond donors (Lipinski definition) is 1. The molecule has 1 saturated heterocycles. The van der Waals surface area contributed by atoms with Gasteiger partial charge in [0.15, 0.2) is 0 Å². The minimum absolute atomic E-state index is 0.365. The van der Waals surface area contributed by atoms with Crippen molar-refractivity contribution in [2.45, 2.75) is 26.7 Å². The Morgan fingerprint density at radius 2 is 2.25 bits per heavy atom. The van der Waals surface area contributed by atoms with Crippen LogP contribution in [0.15, 0.2) is 0 Å². The summed E-state index contributed by atoms with van der Waals surface area (Å²) in [6.07, 6.45) is 2.37. The second-order valence-electron chi connectivity index (χ2n) is 4.04. The van der Waals surface area contributed by atoms with Crippen molar-refractivity contribution >= 4 is 11.8 Å². The van der Waals surface area contributed by atoms with Gasteiger partial charge in [0, 0.05) is 6.61 Å². The van der Waals surface area contributed by atoms with Crippen molar-refractivity contribution in [2.24, 2.45) is 17.8 Å². The quantitative estimate of drug-likeness (QED) is 0.731. The molecule has 0 saturated carbocycles. The predicted octanol–water partition coefficient (Wildman–Crippen LogP) is 2.39. The van der Waals surface area contributed by atoms with Crippen LogP contribution in [0.5, 0.6) is 0 Å². The summed E-state index contributed by atoms with van der Waals surface area (Å²) in [5.74, 6) is 5.02. The molecule has 0 amide bonds. The molecule has 1 rings (SSSR count). The van der Waals surface area contributed by atoms with E-state index in [0.717, 1.165) is 24.2 Å². The molecule has 1 fully saturated rings. The van der Waals surface area contributed by atoms with Crippen LogP contribution in [0.25, 0.3) is 0 Å². The Bertz CT molecular complexity index is 119. The summed E-state index contributed by atoms with van der Waals surface area (Å²) in [6, 6.07) is 0. The van der Waals surface area contributed by atoms with Crippen molar-refractivity contribution in [3.8, 4) is 0 Å². The lowest BCUT2D eigenvalue weighted by Gasteiger charge is -2.25. The smallest absolute Gasteiger partial charge is 0.0433 e. The third kappa shape index (κ3) is 2.67. The van der Waals surface area contributed by atoms with Crippen LogP contribution in [0.2, 0.25) is 0 Å². The van der Waals surface area contributed by atoms with Crippen molar-refractivity contribution < 1.29 is 5.11 Å². The third-order valence-corrected chi connectivity index (χ3v) is 4.08. The topological polar surface area (TPSA) is 20.2 Å². The van der Waals surface area contributed by atoms with E-state index in [1.807, 2.05) is 0 Å². The molecule has 1 aliphatic heterocycles. The molecule has 12 heavy (non-hydrogen) atoms. The van der Waals surface area contributed by atoms with E-state index in [0.29, 0.717) is 6.61 Å². The van der Waals surface area contributed by atoms with E-state index in [1.165, 1.54) is 17.9 Å². The lowest BCUT2D eigenvalue weighted by molar-refractivity contribution is 0.190. The minimum atomic E-state index is 0.365. The van der Waals surface area contributed by atoms with Crippen LogP contribution in [0, 0.1) is 17.8 Å². The van der Waals surface area contributed by atoms with Crippen LogP contribution in [-0.4, -0.2) is 23.2 Å². The molecule has 1 N–H and O–H groups in total. The zero-order valence-electron chi connectivity index (χ0n) is 8.12. The summed E-state index contributed by atoms with van der Waals surface area (Å²) in [5.41, 5.74) is 0. The Kier molecular flexibility index (Phi) is 4.44. The van der Waals surface area contributed by atoms with E-state index < -0.39 is 0 Å². The average molecular weight is 188 g/mol. The van der Waals surface area contributed by atoms with Gasteiger partial charge in [-0.15, -0.1) is 0 Å². The van der Waals surface area contributed by atoms with Gasteiger partial charge in [-0.05, 0) is 42.1 Å². The summed E-state index contributed by atoms with van der Waals surface area (Å²) >= 11 is 2.07. The van der Waals surface area contributed by atoms with Gasteiger partial charge in [0.1, 0.15) is 0 Å². The van der Waals surface area contributed by atoms with Crippen molar-refractivity contribution in [1.82, 2.24) is 0 Å². The molecule has 1 aliphatic rings. The van der Waals surface area contributed by atoms with Crippen LogP contribution < -0.4 is 0 Å². The lowest BCUT2D eigenvalue weighted by Crippen LogP contribution is -2.21. The zero-order chi connectivity index (χ0) is 8.97. The molecular weight excluding hydrogens is 168 g/mol. The molecule has 72 valence electrons. The maximum Gasteiger partial charge on any atom is 0.0433 e. The van der Waals surface area contributed by atoms with E-state index in [1.54, 1.807) is 0 Å². The lowest BCUT2D eigenvalue weighted by atomic mass is 9.81. The standard InChI is InChI=1S/C10H20OS/c1-8(2)10(3-5-11)9-4-6-12-7-9/h8-11H,3-7H2,1-2H3. The number of aliphatic hydroxyl groups is 1. The number of thioether (sulfide) groups is 1. The first-order valence-corrected chi connectivity index (χ1v) is 6.09. The maximum absolute atomic E-state index is 8.94. The van der Waals surface area contributed by atoms with Gasteiger partial charge in [-0.25, -0.2) is 0 Å². The number of rotatable bonds is 4. The Hall–Kier alpha value is 0.310. The van der Waals surface area contributed by atoms with E-state index in [4.69, 9.17) is 5.11 Å². The maximum atomic E-state index is 8.94. The van der Waals surface area contributed by atoms with E-state index in [9.17, 15) is 0 Å². The van der Waals surface area contributed by atoms with Crippen molar-refractivity contribution in [3.63, 3.8) is 0 Å². The van der Waals surface area contributed by atoms with Crippen LogP contribution in [0.4, 0.5) is 0 Å². The molecule has 2 atom stereocenters. The third-order valence-electron chi connectivity index (χ3n) is 2.89. The fourth-order valence-corrected chi connectivity index (χ4v) is 3.51. The fraction of sp³-hybridized carbons (Fsp3) is 1.00. The second kappa shape index (κ2) is 5.13. The summed E-state index contributed by atoms with van der Waals surface area (Å²) in [4.78, 5) is 0. The van der Waals surface area contributed by atoms with Gasteiger partial charge in [-0.3, -0.25) is 0 Å². The second-order valence-corrected chi connectivity index (χ2v) is 5.19. The molecular formula is C10H20OS. The molecule has 0 aromatic rings. The van der Waals surface area contributed by atoms with Gasteiger partial charge in [0.25, 0.3) is 0 Å². The minimum Gasteiger partial charge on any atom is -0.396 e. The first kappa shape index (κ1) is 10.4. The van der Waals surface area contributed by atoms with Crippen LogP contribution >= 0.6 is 11.8 Å². The molecule has 2 heteroatoms. The Balaban J connectivity index is 2.40. The first-order chi connectivity index (χ1) is 5.75. The van der Waals surface area contributed by atoms with Gasteiger partial charge >= 0.3 is 0 Å². The monoisotopic (exact) mass is 188 g/mol. The summed E-state index contributed by atoms with van der Waals surface area (Å²) < 4.78 is 0. The van der Waals surface area contributed by atoms with Gasteiger partial charge in [0.2, 0.25) is 0 Å². The molecule has 0 aliphatic carbocycles. The van der Waals surface area contributed by atoms with E-state index in [-0.39, 0.29) is 0 Å². The number of hydrogen-bond acceptors (Lipinski definition) is 2. The highest BCUT2D eigenvalue weighted by molar-refractivity contribution is 7.99. The van der Waals surface area contributed by atoms with Gasteiger partial charge < -0.3 is 5.11 Å². The molecule has 0 bridgehead atoms. The van der Waals surface area contributed by atoms with Crippen molar-refractivity contribution in [3.05, 3.63) is 0 Å². The number of aliphatic hydroxyl groups excluding tert-OH is 1. The molecule has 0 radical (unpaired) electrons. The average Bonchev–Trinajstić information content (AvgIpc) is 2.51. The molecule has 1 heterocycles. The van der Waals surface area contributed by atoms with Crippen molar-refractivity contribution in [2.75, 3.05) is 18.1 Å². The molecule has 0 spiro atoms. The van der Waals surface area contributed by atoms with Crippen LogP contribution in [0.3, 0.4) is 0 Å². The Morgan fingerprint density at radius 3 is 2.67 bits per heavy atom. The van der Waals surface area contributed by atoms with Gasteiger partial charge in [-0.2, -0.15) is 11.8 Å². The summed E-state index contributed by atoms with van der Waals surface area (Å²) in [7, 11) is 0. The summed E-state index contributed by atoms with van der Waals surface area (Å²) in [5, 5.41) is 8.94. The fourth-order valence-electron chi connectivity index (χ4n) is 2.15. The Morgan fingerprint density at radius 1 is 1.50 bits per heavy atom. The molecule has 0 aromatic carbocycles. The van der Waals surface area contributed by atoms with Crippen LogP contribution in [-0.2, 0) is 0 Å². The van der Waals surface area contributed by atoms with Crippen molar-refractivity contribution in [1.29, 1.82) is 0 Å². The molecule has 2 unspecified atom stereocenters. The van der Waals surface area contributed by atoms with Crippen LogP contribution in [0.1, 0.15) is 26.7 Å². The van der Waals surface area contributed by atoms with E-state index >= 15 is 0 Å². The molecule has 1 nitrogen and oxygen atoms in total. The Labute approximate surface area is 79.9 Å². The zero-order valence-corrected chi connectivity index (χ0v) is 8.94. The predicted molar refractivity (Wildman–Crippen MR) is 55.5 cm³/mol. The molecule has 0 aromatic heterocycles. The highest BCUT2D eigenvalue weighted by Gasteiger charge is 2.26. The highest BCUT2D eigenvalue weighted by Crippen LogP contribution is 2.35. The van der Waals surface area contributed by atoms with Gasteiger partial charge in [-0.1, -0.05) is 13.8 Å². The summed E-state index contributed by atoms with van der Waals surface area (Å²) in [6.45, 7) is 4.93. The van der Waals surface area contributed by atoms with E-state index in [2.05, 4.69) is 25.6 Å². The normalized spacial score (nSPS) is 26.5. The first-order valence-electron chi connectivity index (χ1n) is 4.94. The highest BCUT2D eigenvalue weighted by atomic mass is 32.2.